The molecule has 5 rings (SSSR count). The van der Waals surface area contributed by atoms with E-state index in [9.17, 15) is 14.7 Å². The monoisotopic (exact) mass is 557 g/mol. The number of carbonyl (C=O) groups is 2. The maximum atomic E-state index is 13.4. The van der Waals surface area contributed by atoms with Crippen LogP contribution in [0.5, 0.6) is 17.2 Å². The zero-order valence-electron chi connectivity index (χ0n) is 22.4. The Labute approximate surface area is 235 Å². The van der Waals surface area contributed by atoms with E-state index in [1.54, 1.807) is 49.4 Å². The van der Waals surface area contributed by atoms with Crippen LogP contribution in [0.25, 0.3) is 5.76 Å². The number of ether oxygens (including phenoxy) is 3. The smallest absolute Gasteiger partial charge is 0.301 e. The summed E-state index contributed by atoms with van der Waals surface area (Å²) in [5.74, 6) is -0.461. The first-order chi connectivity index (χ1) is 19.3. The van der Waals surface area contributed by atoms with Crippen LogP contribution < -0.4 is 19.1 Å². The molecular weight excluding hydrogens is 530 g/mol. The zero-order valence-corrected chi connectivity index (χ0v) is 23.2. The number of nitrogens with zero attached hydrogens (tertiary/aromatic N) is 3. The van der Waals surface area contributed by atoms with Gasteiger partial charge in [0.1, 0.15) is 23.1 Å². The molecule has 1 fully saturated rings. The molecule has 1 saturated heterocycles. The lowest BCUT2D eigenvalue weighted by Crippen LogP contribution is -2.29. The maximum Gasteiger partial charge on any atom is 0.301 e. The van der Waals surface area contributed by atoms with E-state index in [0.29, 0.717) is 40.0 Å². The van der Waals surface area contributed by atoms with Crippen LogP contribution in [0.1, 0.15) is 33.3 Å². The summed E-state index contributed by atoms with van der Waals surface area (Å²) in [5, 5.41) is 20.4. The number of aliphatic hydroxyl groups excluding tert-OH is 1. The quantitative estimate of drug-likeness (QED) is 0.175. The van der Waals surface area contributed by atoms with Gasteiger partial charge in [-0.1, -0.05) is 47.2 Å². The van der Waals surface area contributed by atoms with Crippen molar-refractivity contribution in [1.82, 2.24) is 10.2 Å². The van der Waals surface area contributed by atoms with E-state index in [1.807, 2.05) is 31.2 Å². The molecule has 1 N–H and O–H groups in total. The Balaban J connectivity index is 1.53. The van der Waals surface area contributed by atoms with Gasteiger partial charge < -0.3 is 19.3 Å². The Bertz CT molecular complexity index is 1610. The summed E-state index contributed by atoms with van der Waals surface area (Å²) in [6.45, 7) is 4.16. The first kappa shape index (κ1) is 26.9. The van der Waals surface area contributed by atoms with Gasteiger partial charge in [0.15, 0.2) is 11.5 Å². The average Bonchev–Trinajstić information content (AvgIpc) is 3.51. The van der Waals surface area contributed by atoms with Gasteiger partial charge in [-0.2, -0.15) is 0 Å². The van der Waals surface area contributed by atoms with Crippen molar-refractivity contribution >= 4 is 33.9 Å². The van der Waals surface area contributed by atoms with Crippen LogP contribution in [0.2, 0.25) is 0 Å². The molecule has 0 radical (unpaired) electrons. The van der Waals surface area contributed by atoms with E-state index in [-0.39, 0.29) is 16.5 Å². The molecule has 1 unspecified atom stereocenters. The predicted molar refractivity (Wildman–Crippen MR) is 151 cm³/mol. The largest absolute Gasteiger partial charge is 0.507 e. The van der Waals surface area contributed by atoms with Gasteiger partial charge in [0.25, 0.3) is 5.78 Å². The van der Waals surface area contributed by atoms with Crippen LogP contribution in [-0.2, 0) is 16.2 Å². The van der Waals surface area contributed by atoms with E-state index in [0.717, 1.165) is 11.1 Å². The number of rotatable bonds is 8. The Morgan fingerprint density at radius 2 is 1.70 bits per heavy atom. The van der Waals surface area contributed by atoms with Gasteiger partial charge in [-0.25, -0.2) is 0 Å². The second kappa shape index (κ2) is 11.2. The molecule has 0 spiro atoms. The van der Waals surface area contributed by atoms with Crippen molar-refractivity contribution in [1.29, 1.82) is 0 Å². The second-order valence-electron chi connectivity index (χ2n) is 9.19. The highest BCUT2D eigenvalue weighted by Gasteiger charge is 2.48. The lowest BCUT2D eigenvalue weighted by atomic mass is 9.95. The van der Waals surface area contributed by atoms with E-state index in [1.165, 1.54) is 30.5 Å². The fraction of sp³-hybridized carbons (Fsp3) is 0.200. The van der Waals surface area contributed by atoms with Crippen LogP contribution in [0.15, 0.2) is 72.3 Å². The Kier molecular flexibility index (Phi) is 7.52. The molecule has 10 heteroatoms. The number of ketones is 1. The van der Waals surface area contributed by atoms with Gasteiger partial charge in [0.05, 0.1) is 25.8 Å². The number of benzene rings is 3. The minimum absolute atomic E-state index is 0.0708. The summed E-state index contributed by atoms with van der Waals surface area (Å²) in [6, 6.07) is 18.8. The molecular formula is C30H27N3O6S. The summed E-state index contributed by atoms with van der Waals surface area (Å²) in [7, 11) is 3.01. The summed E-state index contributed by atoms with van der Waals surface area (Å²) < 4.78 is 16.7. The number of aliphatic hydroxyl groups is 1. The third kappa shape index (κ3) is 5.13. The minimum atomic E-state index is -0.968. The van der Waals surface area contributed by atoms with Gasteiger partial charge in [-0.15, -0.1) is 10.2 Å². The van der Waals surface area contributed by atoms with Crippen molar-refractivity contribution in [2.75, 3.05) is 19.1 Å². The second-order valence-corrected chi connectivity index (χ2v) is 10.3. The number of Topliss-reactive ketones (excluding diaryl/α,β-unsaturated/α-hetero) is 1. The van der Waals surface area contributed by atoms with Crippen molar-refractivity contribution in [3.8, 4) is 17.2 Å². The molecule has 40 heavy (non-hydrogen) atoms. The summed E-state index contributed by atoms with van der Waals surface area (Å²) in [4.78, 5) is 28.0. The van der Waals surface area contributed by atoms with Gasteiger partial charge in [-0.3, -0.25) is 14.5 Å². The molecule has 0 aliphatic carbocycles. The molecule has 1 amide bonds. The van der Waals surface area contributed by atoms with Crippen molar-refractivity contribution in [3.63, 3.8) is 0 Å². The van der Waals surface area contributed by atoms with Crippen LogP contribution in [-0.4, -0.2) is 41.2 Å². The molecule has 1 aliphatic heterocycles. The number of aryl methyl sites for hydroxylation is 2. The maximum absolute atomic E-state index is 13.4. The van der Waals surface area contributed by atoms with Crippen molar-refractivity contribution in [3.05, 3.63) is 99.6 Å². The third-order valence-electron chi connectivity index (χ3n) is 6.50. The van der Waals surface area contributed by atoms with Crippen molar-refractivity contribution in [2.45, 2.75) is 26.5 Å². The zero-order chi connectivity index (χ0) is 28.4. The number of carbonyl (C=O) groups excluding carboxylic acids is 2. The highest BCUT2D eigenvalue weighted by molar-refractivity contribution is 7.15. The molecule has 2 heterocycles. The van der Waals surface area contributed by atoms with Gasteiger partial charge in [-0.05, 0) is 61.4 Å². The number of aromatic nitrogens is 2. The lowest BCUT2D eigenvalue weighted by molar-refractivity contribution is -0.132. The molecule has 4 aromatic rings. The molecule has 0 bridgehead atoms. The third-order valence-corrected chi connectivity index (χ3v) is 7.34. The SMILES string of the molecule is COc1ccc(C2C(=C(O)c3ccc(OCc4cccc(C)c4)cc3)C(=O)C(=O)N2c2nnc(C)s2)cc1OC. The van der Waals surface area contributed by atoms with Crippen LogP contribution in [0, 0.1) is 13.8 Å². The summed E-state index contributed by atoms with van der Waals surface area (Å²) in [6.07, 6.45) is 0. The van der Waals surface area contributed by atoms with Crippen molar-refractivity contribution in [2.24, 2.45) is 0 Å². The molecule has 1 aromatic heterocycles. The summed E-state index contributed by atoms with van der Waals surface area (Å²) >= 11 is 1.18. The number of hydrogen-bond acceptors (Lipinski definition) is 9. The fourth-order valence-electron chi connectivity index (χ4n) is 4.58. The molecule has 3 aromatic carbocycles. The molecule has 9 nitrogen and oxygen atoms in total. The van der Waals surface area contributed by atoms with Gasteiger partial charge >= 0.3 is 5.91 Å². The standard InChI is InChI=1S/C30H27N3O6S/c1-17-6-5-7-19(14-17)16-39-22-11-8-20(9-12-22)27(34)25-26(21-10-13-23(37-3)24(15-21)38-4)33(29(36)28(25)35)30-32-31-18(2)40-30/h5-15,26,34H,16H2,1-4H3. The molecule has 1 aliphatic rings. The van der Waals surface area contributed by atoms with E-state index in [2.05, 4.69) is 10.2 Å². The first-order valence-electron chi connectivity index (χ1n) is 12.4. The van der Waals surface area contributed by atoms with Gasteiger partial charge in [0.2, 0.25) is 5.13 Å². The summed E-state index contributed by atoms with van der Waals surface area (Å²) in [5.41, 5.74) is 3.00. The number of amides is 1. The number of anilines is 1. The Morgan fingerprint density at radius 1 is 0.950 bits per heavy atom. The van der Waals surface area contributed by atoms with Gasteiger partial charge in [0, 0.05) is 5.56 Å². The highest BCUT2D eigenvalue weighted by atomic mass is 32.1. The van der Waals surface area contributed by atoms with E-state index >= 15 is 0 Å². The number of hydrogen-bond donors (Lipinski definition) is 1. The topological polar surface area (TPSA) is 111 Å². The molecule has 0 saturated carbocycles. The lowest BCUT2D eigenvalue weighted by Gasteiger charge is -2.23. The predicted octanol–water partition coefficient (Wildman–Crippen LogP) is 5.38. The van der Waals surface area contributed by atoms with Crippen molar-refractivity contribution < 1.29 is 28.9 Å². The first-order valence-corrected chi connectivity index (χ1v) is 13.2. The Morgan fingerprint density at radius 3 is 2.35 bits per heavy atom. The minimum Gasteiger partial charge on any atom is -0.507 e. The number of methoxy groups -OCH3 is 2. The molecule has 1 atom stereocenters. The fourth-order valence-corrected chi connectivity index (χ4v) is 5.30. The Hall–Kier alpha value is -4.70. The van der Waals surface area contributed by atoms with E-state index in [4.69, 9.17) is 14.2 Å². The van der Waals surface area contributed by atoms with E-state index < -0.39 is 17.7 Å². The van der Waals surface area contributed by atoms with Crippen LogP contribution >= 0.6 is 11.3 Å². The van der Waals surface area contributed by atoms with Crippen LogP contribution in [0.4, 0.5) is 5.13 Å². The average molecular weight is 558 g/mol. The van der Waals surface area contributed by atoms with Crippen LogP contribution in [0.3, 0.4) is 0 Å². The molecule has 204 valence electrons. The highest BCUT2D eigenvalue weighted by Crippen LogP contribution is 2.44. The normalized spacial score (nSPS) is 16.3.